The van der Waals surface area contributed by atoms with Gasteiger partial charge in [0.15, 0.2) is 6.10 Å². The van der Waals surface area contributed by atoms with E-state index in [9.17, 15) is 14.4 Å². The van der Waals surface area contributed by atoms with Gasteiger partial charge in [0.05, 0.1) is 0 Å². The van der Waals surface area contributed by atoms with Crippen molar-refractivity contribution in [1.82, 2.24) is 0 Å². The molecule has 0 spiro atoms. The average Bonchev–Trinajstić information content (AvgIpc) is 3.49. The lowest BCUT2D eigenvalue weighted by Crippen LogP contribution is -2.30. The number of carbonyl (C=O) groups is 3. The van der Waals surface area contributed by atoms with Gasteiger partial charge in [-0.1, -0.05) is 333 Å². The van der Waals surface area contributed by atoms with Gasteiger partial charge in [-0.05, 0) is 103 Å². The average molecular weight is 1160 g/mol. The molecule has 0 N–H and O–H groups in total. The lowest BCUT2D eigenvalue weighted by atomic mass is 10.0. The van der Waals surface area contributed by atoms with Crippen LogP contribution in [0.2, 0.25) is 0 Å². The van der Waals surface area contributed by atoms with Gasteiger partial charge in [-0.3, -0.25) is 14.4 Å². The van der Waals surface area contributed by atoms with Crippen LogP contribution in [0.5, 0.6) is 0 Å². The molecule has 0 fully saturated rings. The molecule has 0 aromatic carbocycles. The lowest BCUT2D eigenvalue weighted by molar-refractivity contribution is -0.167. The predicted molar refractivity (Wildman–Crippen MR) is 362 cm³/mol. The van der Waals surface area contributed by atoms with Crippen LogP contribution in [0, 0.1) is 0 Å². The molecule has 0 bridgehead atoms. The van der Waals surface area contributed by atoms with Crippen LogP contribution < -0.4 is 0 Å². The molecule has 0 aliphatic carbocycles. The third-order valence-corrected chi connectivity index (χ3v) is 16.8. The van der Waals surface area contributed by atoms with Crippen molar-refractivity contribution in [2.24, 2.45) is 0 Å². The topological polar surface area (TPSA) is 78.9 Å². The highest BCUT2D eigenvalue weighted by Gasteiger charge is 2.19. The molecule has 83 heavy (non-hydrogen) atoms. The normalized spacial score (nSPS) is 12.3. The van der Waals surface area contributed by atoms with E-state index in [-0.39, 0.29) is 31.1 Å². The van der Waals surface area contributed by atoms with E-state index < -0.39 is 6.10 Å². The fourth-order valence-electron chi connectivity index (χ4n) is 11.2. The molecule has 0 radical (unpaired) electrons. The fourth-order valence-corrected chi connectivity index (χ4v) is 11.2. The highest BCUT2D eigenvalue weighted by Crippen LogP contribution is 2.18. The van der Waals surface area contributed by atoms with E-state index in [0.717, 1.165) is 64.2 Å². The maximum Gasteiger partial charge on any atom is 0.306 e. The quantitative estimate of drug-likeness (QED) is 0.0261. The molecule has 0 aromatic heterocycles. The fraction of sp³-hybridized carbons (Fsp3) is 0.857. The van der Waals surface area contributed by atoms with Crippen LogP contribution in [0.4, 0.5) is 0 Å². The smallest absolute Gasteiger partial charge is 0.306 e. The van der Waals surface area contributed by atoms with E-state index in [0.29, 0.717) is 19.3 Å². The highest BCUT2D eigenvalue weighted by atomic mass is 16.6. The maximum absolute atomic E-state index is 13.0. The number of allylic oxidation sites excluding steroid dienone is 8. The molecule has 0 rings (SSSR count). The van der Waals surface area contributed by atoms with Crippen LogP contribution in [0.1, 0.15) is 406 Å². The van der Waals surface area contributed by atoms with E-state index in [2.05, 4.69) is 69.4 Å². The van der Waals surface area contributed by atoms with Crippen LogP contribution in [0.3, 0.4) is 0 Å². The van der Waals surface area contributed by atoms with Crippen LogP contribution in [0.15, 0.2) is 48.6 Å². The molecule has 1 atom stereocenters. The van der Waals surface area contributed by atoms with Crippen molar-refractivity contribution in [3.8, 4) is 0 Å². The Bertz CT molecular complexity index is 1430. The molecule has 0 saturated heterocycles. The molecule has 0 heterocycles. The van der Waals surface area contributed by atoms with Gasteiger partial charge in [0.25, 0.3) is 0 Å². The Kier molecular flexibility index (Phi) is 69.6. The van der Waals surface area contributed by atoms with Gasteiger partial charge in [-0.2, -0.15) is 0 Å². The van der Waals surface area contributed by atoms with Crippen molar-refractivity contribution in [2.75, 3.05) is 13.2 Å². The minimum atomic E-state index is -0.776. The number of carbonyl (C=O) groups excluding carboxylic acids is 3. The van der Waals surface area contributed by atoms with E-state index in [1.165, 1.54) is 302 Å². The Labute approximate surface area is 518 Å². The van der Waals surface area contributed by atoms with Crippen LogP contribution in [-0.4, -0.2) is 37.2 Å². The summed E-state index contributed by atoms with van der Waals surface area (Å²) >= 11 is 0. The number of ether oxygens (including phenoxy) is 3. The third-order valence-electron chi connectivity index (χ3n) is 16.8. The molecule has 6 heteroatoms. The van der Waals surface area contributed by atoms with E-state index in [1.807, 2.05) is 0 Å². The zero-order valence-corrected chi connectivity index (χ0v) is 56.0. The summed E-state index contributed by atoms with van der Waals surface area (Å²) in [6.07, 6.45) is 91.5. The van der Waals surface area contributed by atoms with Crippen LogP contribution in [0.25, 0.3) is 0 Å². The van der Waals surface area contributed by atoms with Crippen molar-refractivity contribution in [2.45, 2.75) is 412 Å². The second-order valence-electron chi connectivity index (χ2n) is 25.2. The summed E-state index contributed by atoms with van der Waals surface area (Å²) in [5, 5.41) is 0. The molecule has 0 saturated carbocycles. The maximum atomic E-state index is 13.0. The number of esters is 3. The summed E-state index contributed by atoms with van der Waals surface area (Å²) < 4.78 is 17.0. The summed E-state index contributed by atoms with van der Waals surface area (Å²) in [5.74, 6) is -0.849. The minimum Gasteiger partial charge on any atom is -0.462 e. The standard InChI is InChI=1S/C77H142O6/c1-4-7-10-13-16-19-22-25-28-31-33-34-35-36-37-38-39-40-41-42-44-46-49-52-55-58-61-64-67-70-76(79)82-73-74(72-81-75(78)69-66-63-60-57-54-51-48-45-30-27-24-21-18-15-12-9-6-3)83-77(80)71-68-65-62-59-56-53-50-47-43-32-29-26-23-20-17-14-11-8-5-2/h22,25-27,29-31,33,74H,4-21,23-24,28,32,34-73H2,1-3H3/b25-22-,29-26-,30-27-,33-31-. The molecule has 486 valence electrons. The number of unbranched alkanes of at least 4 members (excludes halogenated alkanes) is 50. The van der Waals surface area contributed by atoms with E-state index in [4.69, 9.17) is 14.2 Å². The minimum absolute atomic E-state index is 0.0709. The summed E-state index contributed by atoms with van der Waals surface area (Å²) in [4.78, 5) is 38.5. The molecule has 0 aliphatic heterocycles. The van der Waals surface area contributed by atoms with Crippen molar-refractivity contribution in [1.29, 1.82) is 0 Å². The lowest BCUT2D eigenvalue weighted by Gasteiger charge is -2.18. The van der Waals surface area contributed by atoms with E-state index >= 15 is 0 Å². The van der Waals surface area contributed by atoms with Gasteiger partial charge < -0.3 is 14.2 Å². The van der Waals surface area contributed by atoms with Crippen LogP contribution >= 0.6 is 0 Å². The first-order chi connectivity index (χ1) is 41.0. The summed E-state index contributed by atoms with van der Waals surface area (Å²) in [7, 11) is 0. The SMILES string of the molecule is CCCCCCC/C=C\C/C=C\CCCCCCCCCCCCCCCCCCCC(=O)OCC(COC(=O)CCCCCCCCC/C=C\CCCCCCCC)OC(=O)CCCCCCCCCCC/C=C\CCCCCCCC. The second kappa shape index (κ2) is 71.8. The zero-order chi connectivity index (χ0) is 59.9. The van der Waals surface area contributed by atoms with Crippen molar-refractivity contribution < 1.29 is 28.6 Å². The van der Waals surface area contributed by atoms with Crippen LogP contribution in [-0.2, 0) is 28.6 Å². The summed E-state index contributed by atoms with van der Waals surface area (Å²) in [5.41, 5.74) is 0. The third kappa shape index (κ3) is 70.0. The van der Waals surface area contributed by atoms with Gasteiger partial charge in [-0.15, -0.1) is 0 Å². The molecule has 0 aliphatic rings. The van der Waals surface area contributed by atoms with Gasteiger partial charge >= 0.3 is 17.9 Å². The number of rotatable bonds is 69. The zero-order valence-electron chi connectivity index (χ0n) is 56.0. The summed E-state index contributed by atoms with van der Waals surface area (Å²) in [6, 6.07) is 0. The van der Waals surface area contributed by atoms with Crippen molar-refractivity contribution in [3.05, 3.63) is 48.6 Å². The Morgan fingerprint density at radius 2 is 0.434 bits per heavy atom. The molecule has 0 amide bonds. The Morgan fingerprint density at radius 1 is 0.241 bits per heavy atom. The largest absolute Gasteiger partial charge is 0.462 e. The molecular weight excluding hydrogens is 1020 g/mol. The second-order valence-corrected chi connectivity index (χ2v) is 25.2. The van der Waals surface area contributed by atoms with Crippen molar-refractivity contribution >= 4 is 17.9 Å². The highest BCUT2D eigenvalue weighted by molar-refractivity contribution is 5.71. The predicted octanol–water partition coefficient (Wildman–Crippen LogP) is 25.7. The number of hydrogen-bond acceptors (Lipinski definition) is 6. The van der Waals surface area contributed by atoms with Gasteiger partial charge in [-0.25, -0.2) is 0 Å². The van der Waals surface area contributed by atoms with Gasteiger partial charge in [0, 0.05) is 19.3 Å². The van der Waals surface area contributed by atoms with Gasteiger partial charge in [0.2, 0.25) is 0 Å². The Hall–Kier alpha value is -2.63. The monoisotopic (exact) mass is 1160 g/mol. The van der Waals surface area contributed by atoms with Gasteiger partial charge in [0.1, 0.15) is 13.2 Å². The Balaban J connectivity index is 4.25. The van der Waals surface area contributed by atoms with Crippen molar-refractivity contribution in [3.63, 3.8) is 0 Å². The molecular formula is C77H142O6. The molecule has 6 nitrogen and oxygen atoms in total. The first kappa shape index (κ1) is 80.4. The molecule has 1 unspecified atom stereocenters. The van der Waals surface area contributed by atoms with E-state index in [1.54, 1.807) is 0 Å². The first-order valence-electron chi connectivity index (χ1n) is 37.1. The number of hydrogen-bond donors (Lipinski definition) is 0. The molecule has 0 aromatic rings. The Morgan fingerprint density at radius 3 is 0.675 bits per heavy atom. The summed E-state index contributed by atoms with van der Waals surface area (Å²) in [6.45, 7) is 6.69. The first-order valence-corrected chi connectivity index (χ1v) is 37.1.